The molecule has 0 spiro atoms. The molecule has 1 aromatic heterocycles. The molecule has 1 aliphatic heterocycles. The lowest BCUT2D eigenvalue weighted by atomic mass is 10.2. The molecule has 0 aliphatic carbocycles. The van der Waals surface area contributed by atoms with E-state index in [0.717, 1.165) is 5.56 Å². The number of pyridine rings is 1. The Morgan fingerprint density at radius 2 is 2.04 bits per heavy atom. The highest BCUT2D eigenvalue weighted by molar-refractivity contribution is 9.10. The van der Waals surface area contributed by atoms with Crippen LogP contribution in [0.2, 0.25) is 0 Å². The molecule has 7 heteroatoms. The summed E-state index contributed by atoms with van der Waals surface area (Å²) in [5, 5.41) is 0. The number of benzene rings is 1. The van der Waals surface area contributed by atoms with Gasteiger partial charge in [0.25, 0.3) is 5.91 Å². The van der Waals surface area contributed by atoms with Crippen molar-refractivity contribution in [1.29, 1.82) is 0 Å². The molecular weight excluding hydrogens is 376 g/mol. The number of aromatic nitrogens is 1. The van der Waals surface area contributed by atoms with Crippen molar-refractivity contribution in [3.05, 3.63) is 52.6 Å². The second-order valence-corrected chi connectivity index (χ2v) is 5.99. The Bertz CT molecular complexity index is 752. The molecule has 124 valence electrons. The minimum atomic E-state index is -0.478. The third-order valence-electron chi connectivity index (χ3n) is 3.50. The molecule has 24 heavy (non-hydrogen) atoms. The summed E-state index contributed by atoms with van der Waals surface area (Å²) in [4.78, 5) is 29.6. The summed E-state index contributed by atoms with van der Waals surface area (Å²) in [6.07, 6.45) is 0.629. The molecule has 2 aromatic rings. The van der Waals surface area contributed by atoms with E-state index in [0.29, 0.717) is 22.6 Å². The smallest absolute Gasteiger partial charge is 0.326 e. The Kier molecular flexibility index (Phi) is 5.10. The Morgan fingerprint density at radius 1 is 1.25 bits per heavy atom. The quantitative estimate of drug-likeness (QED) is 0.578. The fourth-order valence-electron chi connectivity index (χ4n) is 2.32. The highest BCUT2D eigenvalue weighted by Gasteiger charge is 2.29. The zero-order valence-electron chi connectivity index (χ0n) is 12.8. The van der Waals surface area contributed by atoms with Gasteiger partial charge in [0.2, 0.25) is 0 Å². The molecule has 1 aromatic carbocycles. The maximum Gasteiger partial charge on any atom is 0.326 e. The van der Waals surface area contributed by atoms with Gasteiger partial charge in [-0.3, -0.25) is 14.5 Å². The second kappa shape index (κ2) is 7.44. The van der Waals surface area contributed by atoms with Gasteiger partial charge in [-0.2, -0.15) is 0 Å². The summed E-state index contributed by atoms with van der Waals surface area (Å²) in [5.74, 6) is -0.0162. The zero-order valence-corrected chi connectivity index (χ0v) is 14.4. The van der Waals surface area contributed by atoms with Crippen LogP contribution < -0.4 is 9.64 Å². The zero-order chi connectivity index (χ0) is 16.9. The van der Waals surface area contributed by atoms with Crippen LogP contribution in [-0.4, -0.2) is 36.6 Å². The van der Waals surface area contributed by atoms with Crippen molar-refractivity contribution < 1.29 is 19.1 Å². The Balaban J connectivity index is 1.60. The van der Waals surface area contributed by atoms with E-state index in [2.05, 4.69) is 20.9 Å². The lowest BCUT2D eigenvalue weighted by molar-refractivity contribution is -0.143. The van der Waals surface area contributed by atoms with Crippen molar-refractivity contribution in [2.75, 3.05) is 24.7 Å². The molecule has 3 rings (SSSR count). The predicted molar refractivity (Wildman–Crippen MR) is 90.9 cm³/mol. The van der Waals surface area contributed by atoms with Gasteiger partial charge in [-0.1, -0.05) is 30.3 Å². The molecular formula is C17H15BrN2O4. The normalized spacial score (nSPS) is 13.2. The lowest BCUT2D eigenvalue weighted by Crippen LogP contribution is -2.43. The molecule has 0 unspecified atom stereocenters. The molecule has 0 atom stereocenters. The second-order valence-electron chi connectivity index (χ2n) is 5.18. The highest BCUT2D eigenvalue weighted by Crippen LogP contribution is 2.31. The number of hydrogen-bond donors (Lipinski definition) is 0. The van der Waals surface area contributed by atoms with Gasteiger partial charge >= 0.3 is 5.97 Å². The van der Waals surface area contributed by atoms with Crippen molar-refractivity contribution in [2.24, 2.45) is 0 Å². The van der Waals surface area contributed by atoms with E-state index >= 15 is 0 Å². The molecule has 0 saturated heterocycles. The molecule has 0 fully saturated rings. The first-order valence-electron chi connectivity index (χ1n) is 7.43. The predicted octanol–water partition coefficient (Wildman–Crippen LogP) is 2.36. The fraction of sp³-hybridized carbons (Fsp3) is 0.235. The molecule has 0 saturated carbocycles. The van der Waals surface area contributed by atoms with Gasteiger partial charge in [-0.05, 0) is 33.6 Å². The number of esters is 1. The van der Waals surface area contributed by atoms with E-state index in [-0.39, 0.29) is 25.7 Å². The van der Waals surface area contributed by atoms with Gasteiger partial charge in [0.1, 0.15) is 11.1 Å². The number of halogens is 1. The van der Waals surface area contributed by atoms with E-state index in [1.165, 1.54) is 4.90 Å². The highest BCUT2D eigenvalue weighted by atomic mass is 79.9. The molecule has 6 nitrogen and oxygen atoms in total. The van der Waals surface area contributed by atoms with E-state index in [4.69, 9.17) is 9.47 Å². The lowest BCUT2D eigenvalue weighted by Gasteiger charge is -2.27. The van der Waals surface area contributed by atoms with Crippen LogP contribution in [0.15, 0.2) is 47.1 Å². The van der Waals surface area contributed by atoms with Gasteiger partial charge < -0.3 is 9.47 Å². The Morgan fingerprint density at radius 3 is 2.83 bits per heavy atom. The number of hydrogen-bond acceptors (Lipinski definition) is 5. The summed E-state index contributed by atoms with van der Waals surface area (Å²) in [6.45, 7) is -0.0405. The SMILES string of the molecule is O=C(CN1C(=O)COc2ccc(Br)nc21)OCCc1ccccc1. The van der Waals surface area contributed by atoms with Crippen molar-refractivity contribution in [3.63, 3.8) is 0 Å². The van der Waals surface area contributed by atoms with Gasteiger partial charge in [0.05, 0.1) is 6.61 Å². The molecule has 1 amide bonds. The Labute approximate surface area is 147 Å². The first-order valence-corrected chi connectivity index (χ1v) is 8.22. The fourth-order valence-corrected chi connectivity index (χ4v) is 2.62. The van der Waals surface area contributed by atoms with Gasteiger partial charge in [0, 0.05) is 6.42 Å². The van der Waals surface area contributed by atoms with Crippen LogP contribution >= 0.6 is 15.9 Å². The van der Waals surface area contributed by atoms with E-state index < -0.39 is 5.97 Å². The van der Waals surface area contributed by atoms with Gasteiger partial charge in [-0.15, -0.1) is 0 Å². The number of carbonyl (C=O) groups is 2. The summed E-state index contributed by atoms with van der Waals surface area (Å²) in [6, 6.07) is 13.2. The standard InChI is InChI=1S/C17H15BrN2O4/c18-14-7-6-13-17(19-14)20(15(21)11-24-13)10-16(22)23-9-8-12-4-2-1-3-5-12/h1-7H,8-11H2. The largest absolute Gasteiger partial charge is 0.480 e. The number of carbonyl (C=O) groups excluding carboxylic acids is 2. The maximum atomic E-state index is 12.0. The van der Waals surface area contributed by atoms with E-state index in [9.17, 15) is 9.59 Å². The van der Waals surface area contributed by atoms with Crippen LogP contribution in [0.4, 0.5) is 5.82 Å². The van der Waals surface area contributed by atoms with Crippen LogP contribution in [0.3, 0.4) is 0 Å². The third-order valence-corrected chi connectivity index (χ3v) is 3.94. The van der Waals surface area contributed by atoms with Gasteiger partial charge in [0.15, 0.2) is 18.2 Å². The monoisotopic (exact) mass is 390 g/mol. The van der Waals surface area contributed by atoms with Crippen LogP contribution in [0.5, 0.6) is 5.75 Å². The van der Waals surface area contributed by atoms with Crippen LogP contribution in [-0.2, 0) is 20.7 Å². The first-order chi connectivity index (χ1) is 11.6. The van der Waals surface area contributed by atoms with Gasteiger partial charge in [-0.25, -0.2) is 4.98 Å². The minimum absolute atomic E-state index is 0.117. The maximum absolute atomic E-state index is 12.0. The average molecular weight is 391 g/mol. The van der Waals surface area contributed by atoms with Crippen molar-refractivity contribution >= 4 is 33.6 Å². The average Bonchev–Trinajstić information content (AvgIpc) is 2.58. The number of anilines is 1. The summed E-state index contributed by atoms with van der Waals surface area (Å²) in [5.41, 5.74) is 1.09. The molecule has 0 bridgehead atoms. The van der Waals surface area contributed by atoms with Crippen LogP contribution in [0.25, 0.3) is 0 Å². The first kappa shape index (κ1) is 16.4. The number of amides is 1. The Hall–Kier alpha value is -2.41. The number of nitrogens with zero attached hydrogens (tertiary/aromatic N) is 2. The summed E-state index contributed by atoms with van der Waals surface area (Å²) in [7, 11) is 0. The number of ether oxygens (including phenoxy) is 2. The molecule has 0 N–H and O–H groups in total. The van der Waals surface area contributed by atoms with E-state index in [1.807, 2.05) is 30.3 Å². The summed E-state index contributed by atoms with van der Waals surface area (Å²) >= 11 is 3.25. The number of rotatable bonds is 5. The number of fused-ring (bicyclic) bond motifs is 1. The third kappa shape index (κ3) is 3.91. The molecule has 2 heterocycles. The van der Waals surface area contributed by atoms with Crippen molar-refractivity contribution in [3.8, 4) is 5.75 Å². The van der Waals surface area contributed by atoms with Crippen molar-refractivity contribution in [1.82, 2.24) is 4.98 Å². The topological polar surface area (TPSA) is 68.7 Å². The van der Waals surface area contributed by atoms with Crippen molar-refractivity contribution in [2.45, 2.75) is 6.42 Å². The summed E-state index contributed by atoms with van der Waals surface area (Å²) < 4.78 is 11.1. The minimum Gasteiger partial charge on any atom is -0.480 e. The van der Waals surface area contributed by atoms with Crippen LogP contribution in [0, 0.1) is 0 Å². The molecule has 0 radical (unpaired) electrons. The van der Waals surface area contributed by atoms with Crippen LogP contribution in [0.1, 0.15) is 5.56 Å². The van der Waals surface area contributed by atoms with E-state index in [1.54, 1.807) is 12.1 Å². The molecule has 1 aliphatic rings.